The van der Waals surface area contributed by atoms with Crippen LogP contribution in [0, 0.1) is 0 Å². The molecule has 106 valence electrons. The van der Waals surface area contributed by atoms with Crippen molar-refractivity contribution in [2.45, 2.75) is 26.7 Å². The molecule has 2 rings (SSSR count). The van der Waals surface area contributed by atoms with Crippen molar-refractivity contribution < 1.29 is 14.3 Å². The van der Waals surface area contributed by atoms with E-state index in [0.717, 1.165) is 41.4 Å². The molecule has 0 radical (unpaired) electrons. The fraction of sp³-hybridized carbons (Fsp3) is 0.353. The molecule has 2 aromatic carbocycles. The fourth-order valence-electron chi connectivity index (χ4n) is 2.04. The molecule has 0 atom stereocenters. The Hall–Kier alpha value is -2.03. The monoisotopic (exact) mass is 272 g/mol. The quantitative estimate of drug-likeness (QED) is 0.707. The molecule has 0 amide bonds. The van der Waals surface area contributed by atoms with Crippen molar-refractivity contribution in [1.82, 2.24) is 0 Å². The Morgan fingerprint density at radius 2 is 1.70 bits per heavy atom. The van der Waals surface area contributed by atoms with Crippen molar-refractivity contribution in [3.05, 3.63) is 35.9 Å². The first kappa shape index (κ1) is 14.4. The van der Waals surface area contributed by atoms with Gasteiger partial charge in [0.05, 0.1) is 13.2 Å². The first-order valence-corrected chi connectivity index (χ1v) is 7.07. The lowest BCUT2D eigenvalue weighted by Crippen LogP contribution is -2.02. The number of hydrogen-bond acceptors (Lipinski definition) is 3. The fourth-order valence-corrected chi connectivity index (χ4v) is 2.04. The zero-order valence-corrected chi connectivity index (χ0v) is 12.0. The summed E-state index contributed by atoms with van der Waals surface area (Å²) >= 11 is 0. The van der Waals surface area contributed by atoms with Crippen molar-refractivity contribution in [3.63, 3.8) is 0 Å². The van der Waals surface area contributed by atoms with Crippen LogP contribution in [-0.4, -0.2) is 19.5 Å². The van der Waals surface area contributed by atoms with Gasteiger partial charge in [0.1, 0.15) is 6.29 Å². The van der Waals surface area contributed by atoms with Crippen LogP contribution in [0.5, 0.6) is 11.5 Å². The number of aldehydes is 1. The van der Waals surface area contributed by atoms with Gasteiger partial charge in [0, 0.05) is 10.9 Å². The number of rotatable bonds is 7. The molecule has 0 saturated carbocycles. The van der Waals surface area contributed by atoms with E-state index in [2.05, 4.69) is 13.8 Å². The number of benzene rings is 2. The summed E-state index contributed by atoms with van der Waals surface area (Å²) in [4.78, 5) is 11.0. The van der Waals surface area contributed by atoms with Crippen LogP contribution in [-0.2, 0) is 0 Å². The minimum Gasteiger partial charge on any atom is -0.490 e. The molecule has 0 aromatic heterocycles. The maximum Gasteiger partial charge on any atom is 0.168 e. The Labute approximate surface area is 119 Å². The lowest BCUT2D eigenvalue weighted by atomic mass is 10.1. The van der Waals surface area contributed by atoms with Crippen LogP contribution >= 0.6 is 0 Å². The van der Waals surface area contributed by atoms with Gasteiger partial charge in [-0.1, -0.05) is 32.0 Å². The highest BCUT2D eigenvalue weighted by atomic mass is 16.5. The predicted octanol–water partition coefficient (Wildman–Crippen LogP) is 4.23. The zero-order valence-electron chi connectivity index (χ0n) is 12.0. The molecule has 3 nitrogen and oxygen atoms in total. The molecule has 0 saturated heterocycles. The van der Waals surface area contributed by atoms with Crippen LogP contribution in [0.15, 0.2) is 30.3 Å². The number of fused-ring (bicyclic) bond motifs is 1. The summed E-state index contributed by atoms with van der Waals surface area (Å²) in [5.74, 6) is 1.48. The molecule has 0 N–H and O–H groups in total. The van der Waals surface area contributed by atoms with Gasteiger partial charge in [-0.15, -0.1) is 0 Å². The predicted molar refractivity (Wildman–Crippen MR) is 80.9 cm³/mol. The van der Waals surface area contributed by atoms with Gasteiger partial charge in [-0.05, 0) is 30.4 Å². The maximum absolute atomic E-state index is 11.0. The maximum atomic E-state index is 11.0. The third kappa shape index (κ3) is 3.10. The van der Waals surface area contributed by atoms with Gasteiger partial charge >= 0.3 is 0 Å². The van der Waals surface area contributed by atoms with E-state index < -0.39 is 0 Å². The second kappa shape index (κ2) is 6.94. The van der Waals surface area contributed by atoms with Crippen molar-refractivity contribution in [2.75, 3.05) is 13.2 Å². The number of ether oxygens (including phenoxy) is 2. The van der Waals surface area contributed by atoms with Crippen LogP contribution in [0.1, 0.15) is 37.0 Å². The third-order valence-electron chi connectivity index (χ3n) is 3.01. The van der Waals surface area contributed by atoms with Crippen LogP contribution < -0.4 is 9.47 Å². The van der Waals surface area contributed by atoms with E-state index in [0.29, 0.717) is 18.8 Å². The molecule has 0 fully saturated rings. The molecule has 0 spiro atoms. The van der Waals surface area contributed by atoms with Gasteiger partial charge in [0.2, 0.25) is 0 Å². The smallest absolute Gasteiger partial charge is 0.168 e. The van der Waals surface area contributed by atoms with Gasteiger partial charge < -0.3 is 9.47 Å². The average Bonchev–Trinajstić information content (AvgIpc) is 2.50. The summed E-state index contributed by atoms with van der Waals surface area (Å²) in [7, 11) is 0. The van der Waals surface area contributed by atoms with Gasteiger partial charge in [-0.2, -0.15) is 0 Å². The summed E-state index contributed by atoms with van der Waals surface area (Å²) in [5.41, 5.74) is 0.645. The van der Waals surface area contributed by atoms with Crippen molar-refractivity contribution >= 4 is 17.1 Å². The van der Waals surface area contributed by atoms with E-state index in [4.69, 9.17) is 9.47 Å². The molecule has 0 heterocycles. The van der Waals surface area contributed by atoms with Crippen molar-refractivity contribution in [2.24, 2.45) is 0 Å². The second-order valence-electron chi connectivity index (χ2n) is 4.69. The van der Waals surface area contributed by atoms with Gasteiger partial charge in [-0.25, -0.2) is 0 Å². The van der Waals surface area contributed by atoms with Crippen molar-refractivity contribution in [1.29, 1.82) is 0 Å². The standard InChI is InChI=1S/C17H20O3/c1-3-9-19-16-8-7-14-6-5-13(12-18)11-15(14)17(16)20-10-4-2/h5-8,11-12H,3-4,9-10H2,1-2H3. The van der Waals surface area contributed by atoms with Gasteiger partial charge in [0.15, 0.2) is 11.5 Å². The van der Waals surface area contributed by atoms with Gasteiger partial charge in [0.25, 0.3) is 0 Å². The SMILES string of the molecule is CCCOc1ccc2ccc(C=O)cc2c1OCCC. The molecule has 3 heteroatoms. The Morgan fingerprint density at radius 3 is 2.40 bits per heavy atom. The lowest BCUT2D eigenvalue weighted by molar-refractivity contribution is 0.112. The summed E-state index contributed by atoms with van der Waals surface area (Å²) in [5, 5.41) is 1.97. The zero-order chi connectivity index (χ0) is 14.4. The molecule has 20 heavy (non-hydrogen) atoms. The Bertz CT molecular complexity index is 590. The largest absolute Gasteiger partial charge is 0.490 e. The van der Waals surface area contributed by atoms with Gasteiger partial charge in [-0.3, -0.25) is 4.79 Å². The van der Waals surface area contributed by atoms with E-state index in [1.54, 1.807) is 0 Å². The second-order valence-corrected chi connectivity index (χ2v) is 4.69. The molecule has 0 bridgehead atoms. The Balaban J connectivity index is 2.51. The molecular weight excluding hydrogens is 252 g/mol. The van der Waals surface area contributed by atoms with Crippen LogP contribution in [0.4, 0.5) is 0 Å². The van der Waals surface area contributed by atoms with Crippen LogP contribution in [0.2, 0.25) is 0 Å². The molecule has 0 aliphatic carbocycles. The first-order chi connectivity index (χ1) is 9.80. The van der Waals surface area contributed by atoms with E-state index >= 15 is 0 Å². The molecule has 0 aliphatic rings. The summed E-state index contributed by atoms with van der Waals surface area (Å²) < 4.78 is 11.6. The van der Waals surface area contributed by atoms with E-state index in [1.165, 1.54) is 0 Å². The van der Waals surface area contributed by atoms with E-state index in [1.807, 2.05) is 30.3 Å². The topological polar surface area (TPSA) is 35.5 Å². The Kier molecular flexibility index (Phi) is 4.99. The summed E-state index contributed by atoms with van der Waals surface area (Å²) in [6, 6.07) is 9.52. The highest BCUT2D eigenvalue weighted by molar-refractivity contribution is 5.94. The Morgan fingerprint density at radius 1 is 1.00 bits per heavy atom. The van der Waals surface area contributed by atoms with E-state index in [9.17, 15) is 4.79 Å². The van der Waals surface area contributed by atoms with Crippen LogP contribution in [0.25, 0.3) is 10.8 Å². The number of hydrogen-bond donors (Lipinski definition) is 0. The molecule has 0 unspecified atom stereocenters. The average molecular weight is 272 g/mol. The lowest BCUT2D eigenvalue weighted by Gasteiger charge is -2.15. The third-order valence-corrected chi connectivity index (χ3v) is 3.01. The highest BCUT2D eigenvalue weighted by Crippen LogP contribution is 2.36. The first-order valence-electron chi connectivity index (χ1n) is 7.07. The highest BCUT2D eigenvalue weighted by Gasteiger charge is 2.11. The van der Waals surface area contributed by atoms with Crippen LogP contribution in [0.3, 0.4) is 0 Å². The number of carbonyl (C=O) groups excluding carboxylic acids is 1. The normalized spacial score (nSPS) is 10.5. The number of carbonyl (C=O) groups is 1. The molecule has 0 aliphatic heterocycles. The molecular formula is C17H20O3. The molecule has 2 aromatic rings. The summed E-state index contributed by atoms with van der Waals surface area (Å²) in [6.07, 6.45) is 2.72. The summed E-state index contributed by atoms with van der Waals surface area (Å²) in [6.45, 7) is 5.42. The minimum absolute atomic E-state index is 0.632. The van der Waals surface area contributed by atoms with Crippen molar-refractivity contribution in [3.8, 4) is 11.5 Å². The van der Waals surface area contributed by atoms with E-state index in [-0.39, 0.29) is 0 Å². The minimum atomic E-state index is 0.632.